The number of hydrogen-bond donors (Lipinski definition) is 1. The standard InChI is InChI=1S/C17H17FN2O3/c1-11-15(6-7-23-11)17(22)19-14-8-16(21)20(10-14)9-12-2-4-13(18)5-3-12/h2-7,14H,8-10H2,1H3,(H,19,22)/t14-/m1/s1. The van der Waals surface area contributed by atoms with Crippen molar-refractivity contribution in [2.45, 2.75) is 25.9 Å². The molecule has 0 spiro atoms. The van der Waals surface area contributed by atoms with Gasteiger partial charge in [-0.15, -0.1) is 0 Å². The summed E-state index contributed by atoms with van der Waals surface area (Å²) in [6.45, 7) is 2.57. The Labute approximate surface area is 133 Å². The summed E-state index contributed by atoms with van der Waals surface area (Å²) in [5, 5.41) is 2.86. The van der Waals surface area contributed by atoms with Crippen molar-refractivity contribution in [3.8, 4) is 0 Å². The van der Waals surface area contributed by atoms with Crippen LogP contribution in [0.1, 0.15) is 28.1 Å². The minimum absolute atomic E-state index is 0.0245. The van der Waals surface area contributed by atoms with Gasteiger partial charge in [0.25, 0.3) is 5.91 Å². The summed E-state index contributed by atoms with van der Waals surface area (Å²) in [6, 6.07) is 7.43. The van der Waals surface area contributed by atoms with Gasteiger partial charge in [-0.25, -0.2) is 4.39 Å². The highest BCUT2D eigenvalue weighted by atomic mass is 19.1. The number of nitrogens with zero attached hydrogens (tertiary/aromatic N) is 1. The lowest BCUT2D eigenvalue weighted by Gasteiger charge is -2.17. The molecule has 0 aliphatic carbocycles. The Hall–Kier alpha value is -2.63. The highest BCUT2D eigenvalue weighted by Crippen LogP contribution is 2.17. The van der Waals surface area contributed by atoms with E-state index in [9.17, 15) is 14.0 Å². The van der Waals surface area contributed by atoms with Crippen LogP contribution >= 0.6 is 0 Å². The molecule has 0 bridgehead atoms. The number of aryl methyl sites for hydroxylation is 1. The Kier molecular flexibility index (Phi) is 4.14. The van der Waals surface area contributed by atoms with Crippen LogP contribution in [0.5, 0.6) is 0 Å². The lowest BCUT2D eigenvalue weighted by molar-refractivity contribution is -0.128. The molecule has 1 saturated heterocycles. The van der Waals surface area contributed by atoms with Crippen molar-refractivity contribution in [3.63, 3.8) is 0 Å². The number of nitrogens with one attached hydrogen (secondary N) is 1. The van der Waals surface area contributed by atoms with Gasteiger partial charge in [-0.05, 0) is 30.7 Å². The van der Waals surface area contributed by atoms with Gasteiger partial charge in [-0.3, -0.25) is 9.59 Å². The number of benzene rings is 1. The molecule has 5 nitrogen and oxygen atoms in total. The summed E-state index contributed by atoms with van der Waals surface area (Å²) in [5.41, 5.74) is 1.34. The average molecular weight is 316 g/mol. The predicted octanol–water partition coefficient (Wildman–Crippen LogP) is 2.26. The van der Waals surface area contributed by atoms with Crippen molar-refractivity contribution < 1.29 is 18.4 Å². The SMILES string of the molecule is Cc1occc1C(=O)N[C@@H]1CC(=O)N(Cc2ccc(F)cc2)C1. The first-order valence-corrected chi connectivity index (χ1v) is 7.40. The first-order chi connectivity index (χ1) is 11.0. The minimum atomic E-state index is -0.304. The molecule has 1 aromatic heterocycles. The van der Waals surface area contributed by atoms with Gasteiger partial charge in [0.15, 0.2) is 0 Å². The molecule has 2 aromatic rings. The zero-order valence-electron chi connectivity index (χ0n) is 12.7. The highest BCUT2D eigenvalue weighted by molar-refractivity contribution is 5.95. The average Bonchev–Trinajstić information content (AvgIpc) is 3.08. The summed E-state index contributed by atoms with van der Waals surface area (Å²) in [7, 11) is 0. The summed E-state index contributed by atoms with van der Waals surface area (Å²) < 4.78 is 18.0. The van der Waals surface area contributed by atoms with Crippen molar-refractivity contribution in [3.05, 3.63) is 59.3 Å². The number of rotatable bonds is 4. The molecular formula is C17H17FN2O3. The number of hydrogen-bond acceptors (Lipinski definition) is 3. The van der Waals surface area contributed by atoms with E-state index in [1.54, 1.807) is 30.0 Å². The van der Waals surface area contributed by atoms with Gasteiger partial charge in [0.05, 0.1) is 17.9 Å². The molecule has 1 aromatic carbocycles. The van der Waals surface area contributed by atoms with Crippen molar-refractivity contribution in [2.75, 3.05) is 6.54 Å². The Morgan fingerprint density at radius 2 is 2.09 bits per heavy atom. The summed E-state index contributed by atoms with van der Waals surface area (Å²) >= 11 is 0. The molecule has 6 heteroatoms. The monoisotopic (exact) mass is 316 g/mol. The van der Waals surface area contributed by atoms with Crippen LogP contribution in [0, 0.1) is 12.7 Å². The third-order valence-corrected chi connectivity index (χ3v) is 3.94. The smallest absolute Gasteiger partial charge is 0.255 e. The van der Waals surface area contributed by atoms with E-state index in [1.807, 2.05) is 0 Å². The lowest BCUT2D eigenvalue weighted by Crippen LogP contribution is -2.37. The number of likely N-dealkylation sites (tertiary alicyclic amines) is 1. The van der Waals surface area contributed by atoms with E-state index >= 15 is 0 Å². The molecule has 0 radical (unpaired) electrons. The fourth-order valence-electron chi connectivity index (χ4n) is 2.72. The third-order valence-electron chi connectivity index (χ3n) is 3.94. The molecule has 2 amide bonds. The third kappa shape index (κ3) is 3.41. The summed E-state index contributed by atoms with van der Waals surface area (Å²) in [6.07, 6.45) is 1.73. The van der Waals surface area contributed by atoms with Gasteiger partial charge in [0.1, 0.15) is 11.6 Å². The lowest BCUT2D eigenvalue weighted by atomic mass is 10.2. The molecule has 1 N–H and O–H groups in total. The van der Waals surface area contributed by atoms with Crippen LogP contribution in [0.15, 0.2) is 41.0 Å². The van der Waals surface area contributed by atoms with E-state index in [2.05, 4.69) is 5.32 Å². The molecule has 0 saturated carbocycles. The second-order valence-electron chi connectivity index (χ2n) is 5.67. The largest absolute Gasteiger partial charge is 0.469 e. The van der Waals surface area contributed by atoms with Crippen LogP contribution in [0.25, 0.3) is 0 Å². The molecule has 1 aliphatic rings. The van der Waals surface area contributed by atoms with Crippen molar-refractivity contribution in [2.24, 2.45) is 0 Å². The fraction of sp³-hybridized carbons (Fsp3) is 0.294. The van der Waals surface area contributed by atoms with Gasteiger partial charge >= 0.3 is 0 Å². The Balaban J connectivity index is 1.60. The molecule has 1 fully saturated rings. The molecule has 2 heterocycles. The quantitative estimate of drug-likeness (QED) is 0.941. The number of halogens is 1. The molecule has 3 rings (SSSR count). The van der Waals surface area contributed by atoms with E-state index in [0.29, 0.717) is 24.4 Å². The maximum Gasteiger partial charge on any atom is 0.255 e. The predicted molar refractivity (Wildman–Crippen MR) is 81.1 cm³/mol. The maximum atomic E-state index is 12.9. The molecule has 23 heavy (non-hydrogen) atoms. The molecule has 120 valence electrons. The first kappa shape index (κ1) is 15.3. The van der Waals surface area contributed by atoms with E-state index in [-0.39, 0.29) is 30.1 Å². The van der Waals surface area contributed by atoms with Crippen molar-refractivity contribution >= 4 is 11.8 Å². The second kappa shape index (κ2) is 6.24. The Morgan fingerprint density at radius 1 is 1.35 bits per heavy atom. The normalized spacial score (nSPS) is 17.6. The number of amides is 2. The Bertz CT molecular complexity index is 724. The fourth-order valence-corrected chi connectivity index (χ4v) is 2.72. The Morgan fingerprint density at radius 3 is 2.74 bits per heavy atom. The van der Waals surface area contributed by atoms with Gasteiger partial charge in [0.2, 0.25) is 5.91 Å². The molecule has 0 unspecified atom stereocenters. The minimum Gasteiger partial charge on any atom is -0.469 e. The highest BCUT2D eigenvalue weighted by Gasteiger charge is 2.31. The van der Waals surface area contributed by atoms with Crippen molar-refractivity contribution in [1.82, 2.24) is 10.2 Å². The summed E-state index contributed by atoms with van der Waals surface area (Å²) in [5.74, 6) is -0.0154. The van der Waals surface area contributed by atoms with E-state index < -0.39 is 0 Å². The van der Waals surface area contributed by atoms with Crippen molar-refractivity contribution in [1.29, 1.82) is 0 Å². The van der Waals surface area contributed by atoms with Crippen LogP contribution in [-0.2, 0) is 11.3 Å². The molecular weight excluding hydrogens is 299 g/mol. The van der Waals surface area contributed by atoms with Gasteiger partial charge in [-0.2, -0.15) is 0 Å². The van der Waals surface area contributed by atoms with Crippen LogP contribution in [-0.4, -0.2) is 29.3 Å². The first-order valence-electron chi connectivity index (χ1n) is 7.40. The molecule has 1 atom stereocenters. The molecule has 1 aliphatic heterocycles. The van der Waals surface area contributed by atoms with E-state index in [4.69, 9.17) is 4.42 Å². The van der Waals surface area contributed by atoms with Crippen LogP contribution in [0.2, 0.25) is 0 Å². The van der Waals surface area contributed by atoms with E-state index in [1.165, 1.54) is 18.4 Å². The maximum absolute atomic E-state index is 12.9. The van der Waals surface area contributed by atoms with Gasteiger partial charge in [0, 0.05) is 19.5 Å². The van der Waals surface area contributed by atoms with Crippen LogP contribution < -0.4 is 5.32 Å². The second-order valence-corrected chi connectivity index (χ2v) is 5.67. The van der Waals surface area contributed by atoms with Gasteiger partial charge in [-0.1, -0.05) is 12.1 Å². The van der Waals surface area contributed by atoms with Crippen LogP contribution in [0.4, 0.5) is 4.39 Å². The summed E-state index contributed by atoms with van der Waals surface area (Å²) in [4.78, 5) is 25.9. The number of carbonyl (C=O) groups is 2. The zero-order chi connectivity index (χ0) is 16.4. The van der Waals surface area contributed by atoms with Gasteiger partial charge < -0.3 is 14.6 Å². The van der Waals surface area contributed by atoms with E-state index in [0.717, 1.165) is 5.56 Å². The number of furan rings is 1. The number of carbonyl (C=O) groups excluding carboxylic acids is 2. The van der Waals surface area contributed by atoms with Crippen LogP contribution in [0.3, 0.4) is 0 Å². The zero-order valence-corrected chi connectivity index (χ0v) is 12.7. The topological polar surface area (TPSA) is 62.6 Å².